The van der Waals surface area contributed by atoms with Gasteiger partial charge in [0, 0.05) is 18.7 Å². The Kier molecular flexibility index (Phi) is 5.17. The van der Waals surface area contributed by atoms with Gasteiger partial charge < -0.3 is 4.90 Å². The summed E-state index contributed by atoms with van der Waals surface area (Å²) >= 11 is 6.05. The summed E-state index contributed by atoms with van der Waals surface area (Å²) in [5, 5.41) is 10.9. The third kappa shape index (κ3) is 3.35. The molecule has 1 saturated heterocycles. The predicted molar refractivity (Wildman–Crippen MR) is 81.7 cm³/mol. The summed E-state index contributed by atoms with van der Waals surface area (Å²) in [5.41, 5.74) is 0.0143. The number of carbonyl (C=O) groups is 1. The van der Waals surface area contributed by atoms with Crippen molar-refractivity contribution >= 4 is 23.2 Å². The van der Waals surface area contributed by atoms with Crippen molar-refractivity contribution in [3.8, 4) is 0 Å². The second-order valence-electron chi connectivity index (χ2n) is 5.33. The number of piperidine rings is 1. The maximum atomic E-state index is 12.7. The number of amides is 1. The van der Waals surface area contributed by atoms with Crippen molar-refractivity contribution in [2.45, 2.75) is 45.1 Å². The molecule has 114 valence electrons. The first-order valence-electron chi connectivity index (χ1n) is 7.30. The zero-order valence-corrected chi connectivity index (χ0v) is 12.8. The quantitative estimate of drug-likeness (QED) is 0.622. The molecule has 1 aromatic carbocycles. The van der Waals surface area contributed by atoms with Gasteiger partial charge in [-0.2, -0.15) is 0 Å². The Balaban J connectivity index is 2.30. The van der Waals surface area contributed by atoms with E-state index in [0.29, 0.717) is 6.54 Å². The molecule has 5 nitrogen and oxygen atoms in total. The van der Waals surface area contributed by atoms with Gasteiger partial charge in [-0.1, -0.05) is 31.0 Å². The van der Waals surface area contributed by atoms with Gasteiger partial charge >= 0.3 is 0 Å². The van der Waals surface area contributed by atoms with E-state index in [1.165, 1.54) is 12.1 Å². The van der Waals surface area contributed by atoms with Crippen LogP contribution in [0.25, 0.3) is 0 Å². The molecule has 0 aliphatic carbocycles. The number of carbonyl (C=O) groups excluding carboxylic acids is 1. The Morgan fingerprint density at radius 2 is 2.24 bits per heavy atom. The Labute approximate surface area is 129 Å². The van der Waals surface area contributed by atoms with Crippen LogP contribution in [0.3, 0.4) is 0 Å². The third-order valence-electron chi connectivity index (χ3n) is 3.92. The summed E-state index contributed by atoms with van der Waals surface area (Å²) in [6, 6.07) is 4.61. The van der Waals surface area contributed by atoms with E-state index in [0.717, 1.165) is 32.1 Å². The molecule has 0 N–H and O–H groups in total. The van der Waals surface area contributed by atoms with Gasteiger partial charge in [0.05, 0.1) is 10.5 Å². The third-order valence-corrected chi connectivity index (χ3v) is 4.31. The molecule has 0 radical (unpaired) electrons. The van der Waals surface area contributed by atoms with Crippen LogP contribution in [0.15, 0.2) is 18.2 Å². The summed E-state index contributed by atoms with van der Waals surface area (Å²) < 4.78 is 0. The topological polar surface area (TPSA) is 63.5 Å². The monoisotopic (exact) mass is 310 g/mol. The number of rotatable bonds is 4. The molecular weight excluding hydrogens is 292 g/mol. The lowest BCUT2D eigenvalue weighted by molar-refractivity contribution is -0.384. The number of nitro groups is 1. The van der Waals surface area contributed by atoms with Gasteiger partial charge in [-0.3, -0.25) is 14.9 Å². The van der Waals surface area contributed by atoms with Crippen molar-refractivity contribution in [3.05, 3.63) is 38.9 Å². The van der Waals surface area contributed by atoms with Crippen molar-refractivity contribution in [2.75, 3.05) is 6.54 Å². The molecular formula is C15H19ClN2O3. The Bertz CT molecular complexity index is 546. The van der Waals surface area contributed by atoms with Crippen LogP contribution in [0, 0.1) is 10.1 Å². The van der Waals surface area contributed by atoms with Crippen LogP contribution in [-0.4, -0.2) is 28.3 Å². The smallest absolute Gasteiger partial charge is 0.288 e. The van der Waals surface area contributed by atoms with Gasteiger partial charge in [-0.05, 0) is 31.7 Å². The normalized spacial score (nSPS) is 18.6. The minimum atomic E-state index is -0.557. The average molecular weight is 311 g/mol. The SMILES string of the molecule is CCCC1CCCCN1C(=O)c1cccc([N+](=O)[O-])c1Cl. The van der Waals surface area contributed by atoms with Crippen molar-refractivity contribution in [1.82, 2.24) is 4.90 Å². The number of nitrogens with zero attached hydrogens (tertiary/aromatic N) is 2. The van der Waals surface area contributed by atoms with Crippen molar-refractivity contribution in [1.29, 1.82) is 0 Å². The van der Waals surface area contributed by atoms with E-state index in [1.807, 2.05) is 4.90 Å². The van der Waals surface area contributed by atoms with Crippen LogP contribution in [0.2, 0.25) is 5.02 Å². The fraction of sp³-hybridized carbons (Fsp3) is 0.533. The zero-order valence-electron chi connectivity index (χ0n) is 12.0. The molecule has 1 fully saturated rings. The van der Waals surface area contributed by atoms with E-state index in [4.69, 9.17) is 11.6 Å². The molecule has 1 heterocycles. The number of halogens is 1. The fourth-order valence-corrected chi connectivity index (χ4v) is 3.16. The Morgan fingerprint density at radius 1 is 1.48 bits per heavy atom. The molecule has 6 heteroatoms. The van der Waals surface area contributed by atoms with E-state index in [1.54, 1.807) is 6.07 Å². The average Bonchev–Trinajstić information content (AvgIpc) is 2.47. The molecule has 1 amide bonds. The van der Waals surface area contributed by atoms with Crippen LogP contribution < -0.4 is 0 Å². The van der Waals surface area contributed by atoms with Crippen LogP contribution >= 0.6 is 11.6 Å². The highest BCUT2D eigenvalue weighted by molar-refractivity contribution is 6.35. The molecule has 0 saturated carbocycles. The van der Waals surface area contributed by atoms with Gasteiger partial charge in [0.1, 0.15) is 5.02 Å². The largest absolute Gasteiger partial charge is 0.336 e. The van der Waals surface area contributed by atoms with E-state index < -0.39 is 4.92 Å². The first kappa shape index (κ1) is 15.8. The van der Waals surface area contributed by atoms with Gasteiger partial charge in [-0.15, -0.1) is 0 Å². The highest BCUT2D eigenvalue weighted by Crippen LogP contribution is 2.31. The molecule has 2 rings (SSSR count). The first-order chi connectivity index (χ1) is 10.1. The van der Waals surface area contributed by atoms with Crippen LogP contribution in [0.1, 0.15) is 49.4 Å². The van der Waals surface area contributed by atoms with Gasteiger partial charge in [0.15, 0.2) is 0 Å². The minimum absolute atomic E-state index is 0.0617. The van der Waals surface area contributed by atoms with Gasteiger partial charge in [0.25, 0.3) is 11.6 Å². The highest BCUT2D eigenvalue weighted by Gasteiger charge is 2.29. The standard InChI is InChI=1S/C15H19ClN2O3/c1-2-6-11-7-3-4-10-17(11)15(19)12-8-5-9-13(14(12)16)18(20)21/h5,8-9,11H,2-4,6-7,10H2,1H3. The molecule has 1 aliphatic rings. The zero-order chi connectivity index (χ0) is 15.4. The maximum Gasteiger partial charge on any atom is 0.288 e. The number of hydrogen-bond donors (Lipinski definition) is 0. The second-order valence-corrected chi connectivity index (χ2v) is 5.71. The summed E-state index contributed by atoms with van der Waals surface area (Å²) in [7, 11) is 0. The summed E-state index contributed by atoms with van der Waals surface area (Å²) in [6.45, 7) is 2.79. The number of benzene rings is 1. The number of nitro benzene ring substituents is 1. The summed E-state index contributed by atoms with van der Waals surface area (Å²) in [6.07, 6.45) is 5.05. The molecule has 1 unspecified atom stereocenters. The minimum Gasteiger partial charge on any atom is -0.336 e. The Hall–Kier alpha value is -1.62. The van der Waals surface area contributed by atoms with Crippen molar-refractivity contribution < 1.29 is 9.72 Å². The summed E-state index contributed by atoms with van der Waals surface area (Å²) in [5.74, 6) is -0.193. The van der Waals surface area contributed by atoms with Crippen LogP contribution in [0.5, 0.6) is 0 Å². The van der Waals surface area contributed by atoms with Crippen LogP contribution in [0.4, 0.5) is 5.69 Å². The van der Waals surface area contributed by atoms with E-state index in [-0.39, 0.29) is 28.2 Å². The molecule has 0 spiro atoms. The van der Waals surface area contributed by atoms with Crippen LogP contribution in [-0.2, 0) is 0 Å². The van der Waals surface area contributed by atoms with E-state index >= 15 is 0 Å². The molecule has 21 heavy (non-hydrogen) atoms. The highest BCUT2D eigenvalue weighted by atomic mass is 35.5. The van der Waals surface area contributed by atoms with E-state index in [9.17, 15) is 14.9 Å². The molecule has 0 bridgehead atoms. The fourth-order valence-electron chi connectivity index (χ4n) is 2.88. The molecule has 1 aliphatic heterocycles. The molecule has 1 atom stereocenters. The van der Waals surface area contributed by atoms with Gasteiger partial charge in [0.2, 0.25) is 0 Å². The van der Waals surface area contributed by atoms with Gasteiger partial charge in [-0.25, -0.2) is 0 Å². The lowest BCUT2D eigenvalue weighted by Crippen LogP contribution is -2.43. The molecule has 0 aromatic heterocycles. The number of hydrogen-bond acceptors (Lipinski definition) is 3. The second kappa shape index (κ2) is 6.89. The predicted octanol–water partition coefficient (Wildman–Crippen LogP) is 4.04. The van der Waals surface area contributed by atoms with E-state index in [2.05, 4.69) is 6.92 Å². The lowest BCUT2D eigenvalue weighted by atomic mass is 9.97. The Morgan fingerprint density at radius 3 is 2.90 bits per heavy atom. The maximum absolute atomic E-state index is 12.7. The molecule has 1 aromatic rings. The van der Waals surface area contributed by atoms with Crippen molar-refractivity contribution in [2.24, 2.45) is 0 Å². The lowest BCUT2D eigenvalue weighted by Gasteiger charge is -2.36. The summed E-state index contributed by atoms with van der Waals surface area (Å²) in [4.78, 5) is 24.9. The number of likely N-dealkylation sites (tertiary alicyclic amines) is 1. The first-order valence-corrected chi connectivity index (χ1v) is 7.68. The van der Waals surface area contributed by atoms with Crippen molar-refractivity contribution in [3.63, 3.8) is 0 Å².